The molecule has 1 saturated heterocycles. The predicted octanol–water partition coefficient (Wildman–Crippen LogP) is 4.69. The number of hydrogen-bond donors (Lipinski definition) is 1. The van der Waals surface area contributed by atoms with Crippen molar-refractivity contribution >= 4 is 28.8 Å². The normalized spacial score (nSPS) is 14.8. The maximum Gasteiger partial charge on any atom is 0.410 e. The van der Waals surface area contributed by atoms with Crippen LogP contribution in [0.2, 0.25) is 0 Å². The molecular weight excluding hydrogens is 402 g/mol. The number of amides is 1. The Hall–Kier alpha value is -3.35. The summed E-state index contributed by atoms with van der Waals surface area (Å²) in [5, 5.41) is 4.49. The zero-order chi connectivity index (χ0) is 22.6. The first-order valence-corrected chi connectivity index (χ1v) is 11.2. The molecule has 3 aromatic rings. The molecule has 2 aromatic carbocycles. The Labute approximate surface area is 189 Å². The molecule has 1 fully saturated rings. The van der Waals surface area contributed by atoms with Gasteiger partial charge in [-0.25, -0.2) is 9.78 Å². The van der Waals surface area contributed by atoms with Crippen LogP contribution in [0.4, 0.5) is 16.6 Å². The average molecular weight is 434 g/mol. The first kappa shape index (κ1) is 21.9. The Morgan fingerprint density at radius 1 is 0.969 bits per heavy atom. The molecule has 4 rings (SSSR count). The molecule has 0 aliphatic carbocycles. The number of anilines is 2. The van der Waals surface area contributed by atoms with Gasteiger partial charge in [-0.2, -0.15) is 4.98 Å². The molecule has 0 unspecified atom stereocenters. The van der Waals surface area contributed by atoms with E-state index in [1.54, 1.807) is 4.90 Å². The zero-order valence-electron chi connectivity index (χ0n) is 19.0. The highest BCUT2D eigenvalue weighted by atomic mass is 16.6. The minimum atomic E-state index is -0.496. The molecule has 168 valence electrons. The number of aromatic nitrogens is 2. The lowest BCUT2D eigenvalue weighted by Gasteiger charge is -2.26. The van der Waals surface area contributed by atoms with Crippen molar-refractivity contribution in [2.75, 3.05) is 36.4 Å². The van der Waals surface area contributed by atoms with Crippen LogP contribution in [0.5, 0.6) is 0 Å². The zero-order valence-corrected chi connectivity index (χ0v) is 19.0. The van der Waals surface area contributed by atoms with Crippen LogP contribution in [-0.4, -0.2) is 52.7 Å². The second kappa shape index (κ2) is 9.42. The lowest BCUT2D eigenvalue weighted by Crippen LogP contribution is -2.39. The number of ether oxygens (including phenoxy) is 1. The lowest BCUT2D eigenvalue weighted by atomic mass is 10.2. The van der Waals surface area contributed by atoms with Gasteiger partial charge in [0.2, 0.25) is 5.95 Å². The van der Waals surface area contributed by atoms with Crippen molar-refractivity contribution in [1.29, 1.82) is 0 Å². The highest BCUT2D eigenvalue weighted by molar-refractivity contribution is 5.90. The Balaban J connectivity index is 1.53. The monoisotopic (exact) mass is 433 g/mol. The molecular formula is C25H31N5O2. The second-order valence-corrected chi connectivity index (χ2v) is 9.04. The van der Waals surface area contributed by atoms with E-state index in [-0.39, 0.29) is 6.09 Å². The third-order valence-electron chi connectivity index (χ3n) is 5.32. The maximum absolute atomic E-state index is 12.5. The van der Waals surface area contributed by atoms with E-state index in [4.69, 9.17) is 14.7 Å². The predicted molar refractivity (Wildman–Crippen MR) is 128 cm³/mol. The Kier molecular flexibility index (Phi) is 6.44. The van der Waals surface area contributed by atoms with E-state index < -0.39 is 5.60 Å². The van der Waals surface area contributed by atoms with Crippen LogP contribution in [-0.2, 0) is 11.3 Å². The van der Waals surface area contributed by atoms with Gasteiger partial charge in [-0.1, -0.05) is 42.5 Å². The minimum absolute atomic E-state index is 0.260. The maximum atomic E-state index is 12.5. The van der Waals surface area contributed by atoms with Crippen molar-refractivity contribution in [3.8, 4) is 0 Å². The Morgan fingerprint density at radius 3 is 2.50 bits per heavy atom. The van der Waals surface area contributed by atoms with Crippen LogP contribution in [0.15, 0.2) is 54.6 Å². The molecule has 7 heteroatoms. The number of benzene rings is 2. The Bertz CT molecular complexity index is 1060. The van der Waals surface area contributed by atoms with Crippen molar-refractivity contribution < 1.29 is 9.53 Å². The number of fused-ring (bicyclic) bond motifs is 1. The van der Waals surface area contributed by atoms with Gasteiger partial charge in [-0.15, -0.1) is 0 Å². The topological polar surface area (TPSA) is 70.6 Å². The number of hydrogen-bond acceptors (Lipinski definition) is 6. The first-order valence-electron chi connectivity index (χ1n) is 11.2. The van der Waals surface area contributed by atoms with Crippen LogP contribution >= 0.6 is 0 Å². The molecule has 0 bridgehead atoms. The van der Waals surface area contributed by atoms with Crippen LogP contribution < -0.4 is 10.2 Å². The van der Waals surface area contributed by atoms with Crippen LogP contribution in [0, 0.1) is 0 Å². The number of para-hydroxylation sites is 1. The molecule has 0 spiro atoms. The minimum Gasteiger partial charge on any atom is -0.444 e. The molecule has 32 heavy (non-hydrogen) atoms. The van der Waals surface area contributed by atoms with E-state index in [1.165, 1.54) is 5.56 Å². The van der Waals surface area contributed by atoms with Gasteiger partial charge in [0.1, 0.15) is 11.4 Å². The number of carbonyl (C=O) groups is 1. The fraction of sp³-hybridized carbons (Fsp3) is 0.400. The summed E-state index contributed by atoms with van der Waals surface area (Å²) in [5.74, 6) is 1.51. The molecule has 2 heterocycles. The van der Waals surface area contributed by atoms with Crippen LogP contribution in [0.3, 0.4) is 0 Å². The van der Waals surface area contributed by atoms with E-state index in [1.807, 2.05) is 63.2 Å². The van der Waals surface area contributed by atoms with Crippen molar-refractivity contribution in [1.82, 2.24) is 14.9 Å². The summed E-state index contributed by atoms with van der Waals surface area (Å²) >= 11 is 0. The molecule has 1 N–H and O–H groups in total. The van der Waals surface area contributed by atoms with Gasteiger partial charge >= 0.3 is 6.09 Å². The number of carbonyl (C=O) groups excluding carboxylic acids is 1. The summed E-state index contributed by atoms with van der Waals surface area (Å²) in [6.07, 6.45) is 0.575. The molecule has 1 aromatic heterocycles. The van der Waals surface area contributed by atoms with Crippen molar-refractivity contribution in [3.05, 3.63) is 60.2 Å². The second-order valence-electron chi connectivity index (χ2n) is 9.04. The summed E-state index contributed by atoms with van der Waals surface area (Å²) < 4.78 is 5.55. The van der Waals surface area contributed by atoms with Gasteiger partial charge in [0.05, 0.1) is 5.52 Å². The Morgan fingerprint density at radius 2 is 1.72 bits per heavy atom. The lowest BCUT2D eigenvalue weighted by molar-refractivity contribution is 0.0263. The molecule has 7 nitrogen and oxygen atoms in total. The smallest absolute Gasteiger partial charge is 0.410 e. The largest absolute Gasteiger partial charge is 0.444 e. The highest BCUT2D eigenvalue weighted by Crippen LogP contribution is 2.25. The van der Waals surface area contributed by atoms with Gasteiger partial charge in [-0.05, 0) is 44.9 Å². The first-order chi connectivity index (χ1) is 15.4. The number of rotatable bonds is 4. The summed E-state index contributed by atoms with van der Waals surface area (Å²) in [6, 6.07) is 18.3. The standard InChI is InChI=1S/C25H31N5O2/c1-25(2,3)32-24(31)30-15-9-14-29(16-17-30)23-27-21-13-8-7-12-20(21)22(28-23)26-18-19-10-5-4-6-11-19/h4-8,10-13H,9,14-18H2,1-3H3,(H,26,27,28). The molecule has 1 aliphatic rings. The van der Waals surface area contributed by atoms with Crippen LogP contribution in [0.25, 0.3) is 10.9 Å². The van der Waals surface area contributed by atoms with Gasteiger partial charge in [0.15, 0.2) is 0 Å². The fourth-order valence-electron chi connectivity index (χ4n) is 3.75. The third-order valence-corrected chi connectivity index (χ3v) is 5.32. The van der Waals surface area contributed by atoms with Crippen molar-refractivity contribution in [2.45, 2.75) is 39.3 Å². The van der Waals surface area contributed by atoms with Crippen LogP contribution in [0.1, 0.15) is 32.8 Å². The molecule has 0 radical (unpaired) electrons. The van der Waals surface area contributed by atoms with Gasteiger partial charge in [-0.3, -0.25) is 0 Å². The van der Waals surface area contributed by atoms with E-state index >= 15 is 0 Å². The fourth-order valence-corrected chi connectivity index (χ4v) is 3.75. The van der Waals surface area contributed by atoms with Crippen molar-refractivity contribution in [3.63, 3.8) is 0 Å². The summed E-state index contributed by atoms with van der Waals surface area (Å²) in [5.41, 5.74) is 1.60. The van der Waals surface area contributed by atoms with Crippen molar-refractivity contribution in [2.24, 2.45) is 0 Å². The number of nitrogens with one attached hydrogen (secondary N) is 1. The molecule has 1 aliphatic heterocycles. The van der Waals surface area contributed by atoms with Gasteiger partial charge in [0, 0.05) is 38.1 Å². The van der Waals surface area contributed by atoms with E-state index in [2.05, 4.69) is 22.3 Å². The number of nitrogens with zero attached hydrogens (tertiary/aromatic N) is 4. The molecule has 0 saturated carbocycles. The van der Waals surface area contributed by atoms with E-state index in [0.717, 1.165) is 29.7 Å². The SMILES string of the molecule is CC(C)(C)OC(=O)N1CCCN(c2nc(NCc3ccccc3)c3ccccc3n2)CC1. The molecule has 1 amide bonds. The molecule has 0 atom stereocenters. The summed E-state index contributed by atoms with van der Waals surface area (Å²) in [6.45, 7) is 9.06. The third kappa shape index (κ3) is 5.46. The quantitative estimate of drug-likeness (QED) is 0.644. The van der Waals surface area contributed by atoms with E-state index in [9.17, 15) is 4.79 Å². The summed E-state index contributed by atoms with van der Waals surface area (Å²) in [7, 11) is 0. The highest BCUT2D eigenvalue weighted by Gasteiger charge is 2.25. The summed E-state index contributed by atoms with van der Waals surface area (Å²) in [4.78, 5) is 26.1. The van der Waals surface area contributed by atoms with Gasteiger partial charge in [0.25, 0.3) is 0 Å². The average Bonchev–Trinajstić information content (AvgIpc) is 3.03. The van der Waals surface area contributed by atoms with E-state index in [0.29, 0.717) is 32.1 Å². The van der Waals surface area contributed by atoms with Gasteiger partial charge < -0.3 is 19.9 Å².